The van der Waals surface area contributed by atoms with Crippen LogP contribution in [-0.4, -0.2) is 33.5 Å². The first kappa shape index (κ1) is 20.7. The summed E-state index contributed by atoms with van der Waals surface area (Å²) in [6, 6.07) is 15.5. The molecule has 29 heavy (non-hydrogen) atoms. The molecule has 0 aliphatic heterocycles. The molecule has 1 amide bonds. The molecule has 0 unspecified atom stereocenters. The number of aryl methyl sites for hydroxylation is 1. The average Bonchev–Trinajstić information content (AvgIpc) is 3.15. The van der Waals surface area contributed by atoms with Gasteiger partial charge < -0.3 is 10.1 Å². The maximum Gasteiger partial charge on any atom is 0.234 e. The molecule has 3 aromatic rings. The van der Waals surface area contributed by atoms with Gasteiger partial charge in [0.25, 0.3) is 0 Å². The van der Waals surface area contributed by atoms with Crippen molar-refractivity contribution in [2.24, 2.45) is 0 Å². The molecular formula is C22H24N4O2S. The van der Waals surface area contributed by atoms with E-state index in [0.717, 1.165) is 29.2 Å². The van der Waals surface area contributed by atoms with E-state index in [2.05, 4.69) is 29.0 Å². The van der Waals surface area contributed by atoms with Crippen molar-refractivity contribution in [3.05, 3.63) is 66.7 Å². The van der Waals surface area contributed by atoms with Crippen LogP contribution in [0.5, 0.6) is 5.75 Å². The van der Waals surface area contributed by atoms with Crippen molar-refractivity contribution in [1.82, 2.24) is 14.8 Å². The van der Waals surface area contributed by atoms with Crippen LogP contribution in [0.15, 0.2) is 66.3 Å². The maximum absolute atomic E-state index is 12.3. The third kappa shape index (κ3) is 5.26. The van der Waals surface area contributed by atoms with Gasteiger partial charge in [-0.2, -0.15) is 0 Å². The minimum absolute atomic E-state index is 0.0848. The Labute approximate surface area is 175 Å². The van der Waals surface area contributed by atoms with Crippen molar-refractivity contribution in [1.29, 1.82) is 0 Å². The third-order valence-electron chi connectivity index (χ3n) is 4.36. The van der Waals surface area contributed by atoms with Crippen LogP contribution in [0.2, 0.25) is 0 Å². The number of nitrogens with zero attached hydrogens (tertiary/aromatic N) is 3. The van der Waals surface area contributed by atoms with Crippen molar-refractivity contribution in [2.75, 3.05) is 18.2 Å². The van der Waals surface area contributed by atoms with E-state index in [1.54, 1.807) is 13.2 Å². The van der Waals surface area contributed by atoms with E-state index < -0.39 is 0 Å². The fraction of sp³-hybridized carbons (Fsp3) is 0.227. The first-order valence-electron chi connectivity index (χ1n) is 9.34. The summed E-state index contributed by atoms with van der Waals surface area (Å²) in [5.74, 6) is 1.67. The zero-order valence-electron chi connectivity index (χ0n) is 16.6. The van der Waals surface area contributed by atoms with E-state index in [1.807, 2.05) is 53.1 Å². The predicted octanol–water partition coefficient (Wildman–Crippen LogP) is 4.43. The molecule has 0 fully saturated rings. The molecule has 7 heteroatoms. The van der Waals surface area contributed by atoms with Gasteiger partial charge in [0.2, 0.25) is 5.91 Å². The molecule has 0 saturated heterocycles. The highest BCUT2D eigenvalue weighted by Gasteiger charge is 2.15. The summed E-state index contributed by atoms with van der Waals surface area (Å²) in [4.78, 5) is 12.3. The minimum atomic E-state index is -0.0848. The van der Waals surface area contributed by atoms with Gasteiger partial charge in [0.1, 0.15) is 5.75 Å². The number of aromatic nitrogens is 3. The fourth-order valence-corrected chi connectivity index (χ4v) is 3.54. The standard InChI is InChI=1S/C22H24N4O2S/c1-4-14-26-21(17-8-12-19(28-3)13-9-17)24-25-22(26)29-15-20(27)23-18-10-6-16(5-2)7-11-18/h4,6-13H,1,5,14-15H2,2-3H3,(H,23,27). The Balaban J connectivity index is 1.68. The van der Waals surface area contributed by atoms with Gasteiger partial charge in [-0.05, 0) is 48.4 Å². The number of carbonyl (C=O) groups is 1. The number of hydrogen-bond donors (Lipinski definition) is 1. The Kier molecular flexibility index (Phi) is 7.08. The lowest BCUT2D eigenvalue weighted by Crippen LogP contribution is -2.14. The zero-order chi connectivity index (χ0) is 20.6. The highest BCUT2D eigenvalue weighted by molar-refractivity contribution is 7.99. The predicted molar refractivity (Wildman–Crippen MR) is 117 cm³/mol. The van der Waals surface area contributed by atoms with E-state index in [1.165, 1.54) is 17.3 Å². The third-order valence-corrected chi connectivity index (χ3v) is 5.32. The summed E-state index contributed by atoms with van der Waals surface area (Å²) in [5, 5.41) is 12.2. The number of thioether (sulfide) groups is 1. The Morgan fingerprint density at radius 3 is 2.52 bits per heavy atom. The Morgan fingerprint density at radius 2 is 1.90 bits per heavy atom. The topological polar surface area (TPSA) is 69.0 Å². The molecule has 0 atom stereocenters. The average molecular weight is 409 g/mol. The van der Waals surface area contributed by atoms with Crippen LogP contribution in [0.4, 0.5) is 5.69 Å². The van der Waals surface area contributed by atoms with E-state index in [-0.39, 0.29) is 11.7 Å². The van der Waals surface area contributed by atoms with Crippen LogP contribution in [-0.2, 0) is 17.8 Å². The van der Waals surface area contributed by atoms with E-state index in [9.17, 15) is 4.79 Å². The normalized spacial score (nSPS) is 10.6. The number of carbonyl (C=O) groups excluding carboxylic acids is 1. The van der Waals surface area contributed by atoms with Gasteiger partial charge in [0.05, 0.1) is 12.9 Å². The molecule has 0 aliphatic rings. The monoisotopic (exact) mass is 408 g/mol. The van der Waals surface area contributed by atoms with Crippen LogP contribution in [0, 0.1) is 0 Å². The summed E-state index contributed by atoms with van der Waals surface area (Å²) in [5.41, 5.74) is 2.95. The summed E-state index contributed by atoms with van der Waals surface area (Å²) in [7, 11) is 1.63. The van der Waals surface area contributed by atoms with Crippen LogP contribution < -0.4 is 10.1 Å². The number of rotatable bonds is 9. The van der Waals surface area contributed by atoms with Gasteiger partial charge in [0.15, 0.2) is 11.0 Å². The van der Waals surface area contributed by atoms with E-state index >= 15 is 0 Å². The lowest BCUT2D eigenvalue weighted by molar-refractivity contribution is -0.113. The van der Waals surface area contributed by atoms with Crippen molar-refractivity contribution in [3.8, 4) is 17.1 Å². The molecular weight excluding hydrogens is 384 g/mol. The van der Waals surface area contributed by atoms with E-state index in [0.29, 0.717) is 11.7 Å². The molecule has 2 aromatic carbocycles. The van der Waals surface area contributed by atoms with Crippen molar-refractivity contribution < 1.29 is 9.53 Å². The summed E-state index contributed by atoms with van der Waals surface area (Å²) in [6.07, 6.45) is 2.76. The number of nitrogens with one attached hydrogen (secondary N) is 1. The summed E-state index contributed by atoms with van der Waals surface area (Å²) < 4.78 is 7.15. The first-order valence-corrected chi connectivity index (χ1v) is 10.3. The molecule has 0 bridgehead atoms. The molecule has 0 aliphatic carbocycles. The molecule has 6 nitrogen and oxygen atoms in total. The Bertz CT molecular complexity index is 965. The summed E-state index contributed by atoms with van der Waals surface area (Å²) >= 11 is 1.35. The van der Waals surface area contributed by atoms with Gasteiger partial charge in [-0.15, -0.1) is 16.8 Å². The van der Waals surface area contributed by atoms with Crippen LogP contribution in [0.1, 0.15) is 12.5 Å². The zero-order valence-corrected chi connectivity index (χ0v) is 17.4. The van der Waals surface area contributed by atoms with Crippen LogP contribution in [0.3, 0.4) is 0 Å². The number of hydrogen-bond acceptors (Lipinski definition) is 5. The number of allylic oxidation sites excluding steroid dienone is 1. The smallest absolute Gasteiger partial charge is 0.234 e. The number of benzene rings is 2. The van der Waals surface area contributed by atoms with Crippen molar-refractivity contribution >= 4 is 23.4 Å². The first-order chi connectivity index (χ1) is 14.1. The summed E-state index contributed by atoms with van der Waals surface area (Å²) in [6.45, 7) is 6.47. The highest BCUT2D eigenvalue weighted by Crippen LogP contribution is 2.26. The second-order valence-electron chi connectivity index (χ2n) is 6.32. The molecule has 0 saturated carbocycles. The molecule has 0 spiro atoms. The number of ether oxygens (including phenoxy) is 1. The van der Waals surface area contributed by atoms with Gasteiger partial charge in [-0.1, -0.05) is 36.9 Å². The molecule has 1 heterocycles. The molecule has 150 valence electrons. The number of methoxy groups -OCH3 is 1. The number of amides is 1. The van der Waals surface area contributed by atoms with Crippen molar-refractivity contribution in [2.45, 2.75) is 25.0 Å². The Hall–Kier alpha value is -3.06. The minimum Gasteiger partial charge on any atom is -0.497 e. The molecule has 1 aromatic heterocycles. The maximum atomic E-state index is 12.3. The van der Waals surface area contributed by atoms with Crippen molar-refractivity contribution in [3.63, 3.8) is 0 Å². The molecule has 1 N–H and O–H groups in total. The van der Waals surface area contributed by atoms with Gasteiger partial charge in [-0.25, -0.2) is 0 Å². The lowest BCUT2D eigenvalue weighted by atomic mass is 10.1. The van der Waals surface area contributed by atoms with E-state index in [4.69, 9.17) is 4.74 Å². The van der Waals surface area contributed by atoms with Gasteiger partial charge in [-0.3, -0.25) is 9.36 Å². The second-order valence-corrected chi connectivity index (χ2v) is 7.26. The molecule has 3 rings (SSSR count). The van der Waals surface area contributed by atoms with Crippen LogP contribution >= 0.6 is 11.8 Å². The highest BCUT2D eigenvalue weighted by atomic mass is 32.2. The molecule has 0 radical (unpaired) electrons. The lowest BCUT2D eigenvalue weighted by Gasteiger charge is -2.09. The largest absolute Gasteiger partial charge is 0.497 e. The second kappa shape index (κ2) is 9.93. The SMILES string of the molecule is C=CCn1c(SCC(=O)Nc2ccc(CC)cc2)nnc1-c1ccc(OC)cc1. The fourth-order valence-electron chi connectivity index (χ4n) is 2.79. The number of anilines is 1. The quantitative estimate of drug-likeness (QED) is 0.419. The van der Waals surface area contributed by atoms with Gasteiger partial charge >= 0.3 is 0 Å². The Morgan fingerprint density at radius 1 is 1.17 bits per heavy atom. The van der Waals surface area contributed by atoms with Crippen LogP contribution in [0.25, 0.3) is 11.4 Å². The van der Waals surface area contributed by atoms with Gasteiger partial charge in [0, 0.05) is 17.8 Å².